The molecule has 0 aliphatic heterocycles. The molecule has 0 saturated heterocycles. The van der Waals surface area contributed by atoms with Gasteiger partial charge in [0.05, 0.1) is 12.2 Å². The molecule has 0 radical (unpaired) electrons. The first-order chi connectivity index (χ1) is 7.41. The summed E-state index contributed by atoms with van der Waals surface area (Å²) in [5.74, 6) is 0.555. The van der Waals surface area contributed by atoms with Crippen molar-refractivity contribution in [3.05, 3.63) is 11.6 Å². The number of aliphatic hydroxyl groups is 2. The van der Waals surface area contributed by atoms with Crippen molar-refractivity contribution in [2.75, 3.05) is 0 Å². The maximum atomic E-state index is 9.75. The predicted octanol–water partition coefficient (Wildman–Crippen LogP) is 3.28. The third kappa shape index (κ3) is 10.2. The van der Waals surface area contributed by atoms with Crippen molar-refractivity contribution in [2.45, 2.75) is 72.0 Å². The number of hydrogen-bond donors (Lipinski definition) is 2. The summed E-state index contributed by atoms with van der Waals surface area (Å²) < 4.78 is 0. The highest BCUT2D eigenvalue weighted by molar-refractivity contribution is 4.92. The van der Waals surface area contributed by atoms with Crippen LogP contribution in [0.1, 0.15) is 59.8 Å². The molecule has 2 N–H and O–H groups in total. The number of allylic oxidation sites excluding steroid dienone is 2. The van der Waals surface area contributed by atoms with Crippen LogP contribution in [0.4, 0.5) is 0 Å². The van der Waals surface area contributed by atoms with Gasteiger partial charge in [-0.2, -0.15) is 0 Å². The molecule has 3 unspecified atom stereocenters. The smallest absolute Gasteiger partial charge is 0.0543 e. The fourth-order valence-electron chi connectivity index (χ4n) is 1.79. The first kappa shape index (κ1) is 15.7. The number of rotatable bonds is 8. The molecular weight excluding hydrogens is 200 g/mol. The molecule has 0 spiro atoms. The average molecular weight is 228 g/mol. The van der Waals surface area contributed by atoms with Crippen LogP contribution in [0.3, 0.4) is 0 Å². The lowest BCUT2D eigenvalue weighted by atomic mass is 9.95. The Morgan fingerprint density at radius 1 is 1.06 bits per heavy atom. The Bertz CT molecular complexity index is 193. The van der Waals surface area contributed by atoms with E-state index in [0.717, 1.165) is 19.3 Å². The Morgan fingerprint density at radius 2 is 1.69 bits per heavy atom. The summed E-state index contributed by atoms with van der Waals surface area (Å²) in [5.41, 5.74) is 1.36. The normalized spacial score (nSPS) is 16.6. The zero-order chi connectivity index (χ0) is 12.6. The van der Waals surface area contributed by atoms with Gasteiger partial charge < -0.3 is 10.2 Å². The van der Waals surface area contributed by atoms with Crippen LogP contribution in [-0.2, 0) is 0 Å². The second-order valence-electron chi connectivity index (χ2n) is 5.28. The van der Waals surface area contributed by atoms with Crippen LogP contribution >= 0.6 is 0 Å². The van der Waals surface area contributed by atoms with Gasteiger partial charge in [-0.05, 0) is 58.8 Å². The van der Waals surface area contributed by atoms with E-state index in [4.69, 9.17) is 5.11 Å². The van der Waals surface area contributed by atoms with Crippen LogP contribution in [0.15, 0.2) is 11.6 Å². The topological polar surface area (TPSA) is 40.5 Å². The molecule has 2 nitrogen and oxygen atoms in total. The summed E-state index contributed by atoms with van der Waals surface area (Å²) >= 11 is 0. The lowest BCUT2D eigenvalue weighted by Crippen LogP contribution is -2.14. The largest absolute Gasteiger partial charge is 0.393 e. The van der Waals surface area contributed by atoms with E-state index in [1.807, 2.05) is 0 Å². The Kier molecular flexibility index (Phi) is 8.58. The zero-order valence-electron chi connectivity index (χ0n) is 11.2. The molecule has 0 aromatic rings. The standard InChI is InChI=1S/C14H28O2/c1-11(2)6-5-7-12(3)10-14(16)9-8-13(4)15/h6,12-16H,5,7-10H2,1-4H3. The molecule has 0 heterocycles. The third-order valence-corrected chi connectivity index (χ3v) is 2.80. The molecule has 0 aliphatic carbocycles. The molecule has 0 aromatic carbocycles. The summed E-state index contributed by atoms with van der Waals surface area (Å²) in [6.45, 7) is 8.18. The minimum absolute atomic E-state index is 0.253. The van der Waals surface area contributed by atoms with Crippen molar-refractivity contribution in [2.24, 2.45) is 5.92 Å². The second-order valence-corrected chi connectivity index (χ2v) is 5.28. The molecule has 2 heteroatoms. The van der Waals surface area contributed by atoms with Gasteiger partial charge in [0.2, 0.25) is 0 Å². The summed E-state index contributed by atoms with van der Waals surface area (Å²) in [7, 11) is 0. The van der Waals surface area contributed by atoms with E-state index in [0.29, 0.717) is 18.8 Å². The summed E-state index contributed by atoms with van der Waals surface area (Å²) in [6, 6.07) is 0. The van der Waals surface area contributed by atoms with Gasteiger partial charge in [-0.3, -0.25) is 0 Å². The highest BCUT2D eigenvalue weighted by Crippen LogP contribution is 2.16. The number of aliphatic hydroxyl groups excluding tert-OH is 2. The third-order valence-electron chi connectivity index (χ3n) is 2.80. The van der Waals surface area contributed by atoms with Gasteiger partial charge in [0.1, 0.15) is 0 Å². The summed E-state index contributed by atoms with van der Waals surface area (Å²) in [4.78, 5) is 0. The van der Waals surface area contributed by atoms with Crippen LogP contribution in [-0.4, -0.2) is 22.4 Å². The van der Waals surface area contributed by atoms with Gasteiger partial charge in [0, 0.05) is 0 Å². The number of hydrogen-bond acceptors (Lipinski definition) is 2. The molecule has 0 aliphatic rings. The van der Waals surface area contributed by atoms with Crippen molar-refractivity contribution in [1.29, 1.82) is 0 Å². The molecule has 3 atom stereocenters. The highest BCUT2D eigenvalue weighted by atomic mass is 16.3. The Balaban J connectivity index is 3.61. The van der Waals surface area contributed by atoms with E-state index < -0.39 is 0 Å². The van der Waals surface area contributed by atoms with E-state index in [-0.39, 0.29) is 12.2 Å². The van der Waals surface area contributed by atoms with Crippen LogP contribution in [0.2, 0.25) is 0 Å². The maximum absolute atomic E-state index is 9.75. The maximum Gasteiger partial charge on any atom is 0.0543 e. The predicted molar refractivity (Wildman–Crippen MR) is 69.4 cm³/mol. The molecular formula is C14H28O2. The van der Waals surface area contributed by atoms with Gasteiger partial charge in [-0.1, -0.05) is 18.6 Å². The van der Waals surface area contributed by atoms with Crippen LogP contribution in [0, 0.1) is 5.92 Å². The lowest BCUT2D eigenvalue weighted by Gasteiger charge is -2.16. The van der Waals surface area contributed by atoms with Gasteiger partial charge in [-0.25, -0.2) is 0 Å². The van der Waals surface area contributed by atoms with E-state index in [1.165, 1.54) is 5.57 Å². The van der Waals surface area contributed by atoms with Crippen molar-refractivity contribution in [3.8, 4) is 0 Å². The zero-order valence-corrected chi connectivity index (χ0v) is 11.2. The Morgan fingerprint density at radius 3 is 2.19 bits per heavy atom. The van der Waals surface area contributed by atoms with Crippen LogP contribution in [0.25, 0.3) is 0 Å². The fourth-order valence-corrected chi connectivity index (χ4v) is 1.79. The van der Waals surface area contributed by atoms with Crippen molar-refractivity contribution < 1.29 is 10.2 Å². The van der Waals surface area contributed by atoms with Gasteiger partial charge in [0.25, 0.3) is 0 Å². The van der Waals surface area contributed by atoms with E-state index in [9.17, 15) is 5.11 Å². The van der Waals surface area contributed by atoms with Gasteiger partial charge >= 0.3 is 0 Å². The summed E-state index contributed by atoms with van der Waals surface area (Å²) in [5, 5.41) is 18.9. The Hall–Kier alpha value is -0.340. The van der Waals surface area contributed by atoms with E-state index >= 15 is 0 Å². The minimum atomic E-state index is -0.296. The first-order valence-corrected chi connectivity index (χ1v) is 6.41. The van der Waals surface area contributed by atoms with Crippen LogP contribution < -0.4 is 0 Å². The summed E-state index contributed by atoms with van der Waals surface area (Å²) in [6.07, 6.45) is 6.20. The lowest BCUT2D eigenvalue weighted by molar-refractivity contribution is 0.104. The molecule has 0 fully saturated rings. The molecule has 16 heavy (non-hydrogen) atoms. The van der Waals surface area contributed by atoms with Gasteiger partial charge in [-0.15, -0.1) is 0 Å². The SMILES string of the molecule is CC(C)=CCCC(C)CC(O)CCC(C)O. The van der Waals surface area contributed by atoms with E-state index in [1.54, 1.807) is 6.92 Å². The van der Waals surface area contributed by atoms with Crippen LogP contribution in [0.5, 0.6) is 0 Å². The van der Waals surface area contributed by atoms with Crippen molar-refractivity contribution in [3.63, 3.8) is 0 Å². The quantitative estimate of drug-likeness (QED) is 0.626. The second kappa shape index (κ2) is 8.77. The first-order valence-electron chi connectivity index (χ1n) is 6.41. The highest BCUT2D eigenvalue weighted by Gasteiger charge is 2.10. The molecule has 96 valence electrons. The molecule has 0 bridgehead atoms. The molecule has 0 aromatic heterocycles. The minimum Gasteiger partial charge on any atom is -0.393 e. The molecule has 0 rings (SSSR count). The van der Waals surface area contributed by atoms with Crippen molar-refractivity contribution in [1.82, 2.24) is 0 Å². The Labute approximate surface area is 100 Å². The molecule has 0 amide bonds. The molecule has 0 saturated carbocycles. The van der Waals surface area contributed by atoms with Gasteiger partial charge in [0.15, 0.2) is 0 Å². The monoisotopic (exact) mass is 228 g/mol. The fraction of sp³-hybridized carbons (Fsp3) is 0.857. The van der Waals surface area contributed by atoms with Crippen molar-refractivity contribution >= 4 is 0 Å². The van der Waals surface area contributed by atoms with E-state index in [2.05, 4.69) is 26.8 Å². The average Bonchev–Trinajstić information content (AvgIpc) is 2.14.